The van der Waals surface area contributed by atoms with Crippen LogP contribution in [0.5, 0.6) is 11.5 Å². The van der Waals surface area contributed by atoms with Crippen molar-refractivity contribution in [2.45, 2.75) is 12.6 Å². The number of benzene rings is 2. The molecular weight excluding hydrogens is 328 g/mol. The van der Waals surface area contributed by atoms with Gasteiger partial charge >= 0.3 is 0 Å². The number of ether oxygens (including phenoxy) is 3. The van der Waals surface area contributed by atoms with Crippen LogP contribution in [0.15, 0.2) is 54.7 Å². The molecule has 1 aliphatic heterocycles. The maximum atomic E-state index is 5.88. The van der Waals surface area contributed by atoms with Crippen molar-refractivity contribution in [1.82, 2.24) is 9.88 Å². The number of aromatic amines is 1. The van der Waals surface area contributed by atoms with Gasteiger partial charge in [-0.3, -0.25) is 4.90 Å². The predicted octanol–water partition coefficient (Wildman–Crippen LogP) is 3.46. The number of methoxy groups -OCH3 is 1. The zero-order chi connectivity index (χ0) is 17.8. The number of nitrogens with one attached hydrogen (secondary N) is 1. The van der Waals surface area contributed by atoms with Crippen LogP contribution in [0.4, 0.5) is 0 Å². The molecule has 1 fully saturated rings. The van der Waals surface area contributed by atoms with Crippen LogP contribution in [-0.4, -0.2) is 49.4 Å². The fourth-order valence-electron chi connectivity index (χ4n) is 3.39. The van der Waals surface area contributed by atoms with E-state index in [1.807, 2.05) is 36.4 Å². The van der Waals surface area contributed by atoms with E-state index in [9.17, 15) is 0 Å². The number of nitrogens with zero attached hydrogens (tertiary/aromatic N) is 1. The average molecular weight is 352 g/mol. The second kappa shape index (κ2) is 7.81. The van der Waals surface area contributed by atoms with E-state index in [0.29, 0.717) is 6.61 Å². The summed E-state index contributed by atoms with van der Waals surface area (Å²) in [4.78, 5) is 5.77. The molecule has 0 unspecified atom stereocenters. The molecule has 1 saturated heterocycles. The molecule has 26 heavy (non-hydrogen) atoms. The monoisotopic (exact) mass is 352 g/mol. The minimum absolute atomic E-state index is 0.0868. The lowest BCUT2D eigenvalue weighted by Gasteiger charge is -2.32. The molecule has 1 N–H and O–H groups in total. The van der Waals surface area contributed by atoms with Gasteiger partial charge in [0.15, 0.2) is 0 Å². The van der Waals surface area contributed by atoms with Crippen molar-refractivity contribution >= 4 is 10.9 Å². The Morgan fingerprint density at radius 3 is 2.88 bits per heavy atom. The third-order valence-corrected chi connectivity index (χ3v) is 4.77. The minimum atomic E-state index is 0.0868. The summed E-state index contributed by atoms with van der Waals surface area (Å²) in [6.45, 7) is 3.98. The van der Waals surface area contributed by atoms with Crippen LogP contribution in [0.3, 0.4) is 0 Å². The fourth-order valence-corrected chi connectivity index (χ4v) is 3.39. The third-order valence-electron chi connectivity index (χ3n) is 4.77. The molecule has 2 aromatic carbocycles. The van der Waals surface area contributed by atoms with E-state index in [1.165, 1.54) is 10.9 Å². The second-order valence-electron chi connectivity index (χ2n) is 6.58. The fraction of sp³-hybridized carbons (Fsp3) is 0.333. The number of H-pyrrole nitrogens is 1. The Kier molecular flexibility index (Phi) is 5.09. The van der Waals surface area contributed by atoms with Crippen molar-refractivity contribution in [3.05, 3.63) is 60.3 Å². The van der Waals surface area contributed by atoms with Crippen molar-refractivity contribution in [1.29, 1.82) is 0 Å². The first-order chi connectivity index (χ1) is 12.8. The zero-order valence-electron chi connectivity index (χ0n) is 15.0. The topological polar surface area (TPSA) is 46.7 Å². The van der Waals surface area contributed by atoms with Gasteiger partial charge in [-0.2, -0.15) is 0 Å². The summed E-state index contributed by atoms with van der Waals surface area (Å²) in [6, 6.07) is 16.0. The lowest BCUT2D eigenvalue weighted by molar-refractivity contribution is -0.0503. The van der Waals surface area contributed by atoms with Crippen molar-refractivity contribution in [3.63, 3.8) is 0 Å². The van der Waals surface area contributed by atoms with E-state index < -0.39 is 0 Å². The van der Waals surface area contributed by atoms with E-state index in [-0.39, 0.29) is 6.10 Å². The highest BCUT2D eigenvalue weighted by atomic mass is 16.5. The molecule has 1 aromatic heterocycles. The first-order valence-corrected chi connectivity index (χ1v) is 8.97. The quantitative estimate of drug-likeness (QED) is 0.738. The van der Waals surface area contributed by atoms with Crippen LogP contribution in [-0.2, 0) is 11.3 Å². The Morgan fingerprint density at radius 1 is 1.15 bits per heavy atom. The van der Waals surface area contributed by atoms with Crippen LogP contribution in [0.2, 0.25) is 0 Å². The van der Waals surface area contributed by atoms with Crippen molar-refractivity contribution in [2.75, 3.05) is 33.4 Å². The van der Waals surface area contributed by atoms with Crippen LogP contribution in [0.1, 0.15) is 5.56 Å². The van der Waals surface area contributed by atoms with Crippen LogP contribution in [0, 0.1) is 0 Å². The number of hydrogen-bond acceptors (Lipinski definition) is 4. The predicted molar refractivity (Wildman–Crippen MR) is 102 cm³/mol. The van der Waals surface area contributed by atoms with Gasteiger partial charge in [0.25, 0.3) is 0 Å². The number of hydrogen-bond donors (Lipinski definition) is 1. The van der Waals surface area contributed by atoms with Gasteiger partial charge in [-0.25, -0.2) is 0 Å². The highest BCUT2D eigenvalue weighted by Crippen LogP contribution is 2.25. The summed E-state index contributed by atoms with van der Waals surface area (Å²) in [6.07, 6.45) is 2.18. The highest BCUT2D eigenvalue weighted by Gasteiger charge is 2.22. The molecule has 0 radical (unpaired) electrons. The molecule has 0 aliphatic carbocycles. The summed E-state index contributed by atoms with van der Waals surface area (Å²) in [7, 11) is 1.70. The molecule has 3 aromatic rings. The molecule has 1 atom stereocenters. The maximum absolute atomic E-state index is 5.88. The largest absolute Gasteiger partial charge is 0.497 e. The normalized spacial score (nSPS) is 18.1. The molecule has 2 heterocycles. The number of rotatable bonds is 6. The standard InChI is InChI=1S/C21H24N2O3/c1-24-18-7-8-21-20(11-18)16(12-22-21)13-23-9-10-25-19(14-23)15-26-17-5-3-2-4-6-17/h2-8,11-12,19,22H,9-10,13-15H2,1H3/t19-/m0/s1. The number of fused-ring (bicyclic) bond motifs is 1. The average Bonchev–Trinajstić information content (AvgIpc) is 3.09. The number of para-hydroxylation sites is 1. The SMILES string of the molecule is COc1ccc2[nH]cc(CN3CCO[C@H](COc4ccccc4)C3)c2c1. The van der Waals surface area contributed by atoms with Crippen LogP contribution in [0.25, 0.3) is 10.9 Å². The van der Waals surface area contributed by atoms with Crippen molar-refractivity contribution < 1.29 is 14.2 Å². The van der Waals surface area contributed by atoms with E-state index in [4.69, 9.17) is 14.2 Å². The van der Waals surface area contributed by atoms with Gasteiger partial charge < -0.3 is 19.2 Å². The van der Waals surface area contributed by atoms with Gasteiger partial charge in [-0.05, 0) is 35.9 Å². The van der Waals surface area contributed by atoms with Crippen molar-refractivity contribution in [3.8, 4) is 11.5 Å². The Balaban J connectivity index is 1.39. The summed E-state index contributed by atoms with van der Waals surface area (Å²) in [5.41, 5.74) is 2.42. The summed E-state index contributed by atoms with van der Waals surface area (Å²) in [5.74, 6) is 1.77. The second-order valence-corrected chi connectivity index (χ2v) is 6.58. The van der Waals surface area contributed by atoms with Gasteiger partial charge in [0.05, 0.1) is 13.7 Å². The number of aromatic nitrogens is 1. The third kappa shape index (κ3) is 3.84. The van der Waals surface area contributed by atoms with E-state index >= 15 is 0 Å². The first kappa shape index (κ1) is 16.9. The summed E-state index contributed by atoms with van der Waals surface area (Å²) in [5, 5.41) is 1.22. The smallest absolute Gasteiger partial charge is 0.119 e. The molecule has 0 amide bonds. The highest BCUT2D eigenvalue weighted by molar-refractivity contribution is 5.84. The first-order valence-electron chi connectivity index (χ1n) is 8.97. The Labute approximate surface area is 153 Å². The van der Waals surface area contributed by atoms with Gasteiger partial charge in [0.1, 0.15) is 24.2 Å². The Hall–Kier alpha value is -2.50. The van der Waals surface area contributed by atoms with E-state index in [2.05, 4.69) is 28.2 Å². The molecule has 0 spiro atoms. The maximum Gasteiger partial charge on any atom is 0.119 e. The Morgan fingerprint density at radius 2 is 2.04 bits per heavy atom. The van der Waals surface area contributed by atoms with Gasteiger partial charge in [-0.15, -0.1) is 0 Å². The molecule has 0 bridgehead atoms. The Bertz CT molecular complexity index is 847. The minimum Gasteiger partial charge on any atom is -0.497 e. The number of morpholine rings is 1. The van der Waals surface area contributed by atoms with Gasteiger partial charge in [0, 0.05) is 36.7 Å². The molecule has 0 saturated carbocycles. The zero-order valence-corrected chi connectivity index (χ0v) is 15.0. The van der Waals surface area contributed by atoms with Gasteiger partial charge in [-0.1, -0.05) is 18.2 Å². The molecule has 1 aliphatic rings. The van der Waals surface area contributed by atoms with E-state index in [1.54, 1.807) is 7.11 Å². The summed E-state index contributed by atoms with van der Waals surface area (Å²) < 4.78 is 17.1. The van der Waals surface area contributed by atoms with E-state index in [0.717, 1.165) is 43.3 Å². The molecule has 5 nitrogen and oxygen atoms in total. The lowest BCUT2D eigenvalue weighted by atomic mass is 10.1. The molecule has 5 heteroatoms. The molecule has 136 valence electrons. The van der Waals surface area contributed by atoms with Crippen molar-refractivity contribution in [2.24, 2.45) is 0 Å². The molecule has 4 rings (SSSR count). The summed E-state index contributed by atoms with van der Waals surface area (Å²) >= 11 is 0. The molecular formula is C21H24N2O3. The van der Waals surface area contributed by atoms with Gasteiger partial charge in [0.2, 0.25) is 0 Å². The van der Waals surface area contributed by atoms with Crippen LogP contribution >= 0.6 is 0 Å². The lowest BCUT2D eigenvalue weighted by Crippen LogP contribution is -2.44. The van der Waals surface area contributed by atoms with Crippen LogP contribution < -0.4 is 9.47 Å².